The van der Waals surface area contributed by atoms with Crippen LogP contribution in [0.1, 0.15) is 26.0 Å². The Kier molecular flexibility index (Phi) is 3.58. The zero-order valence-corrected chi connectivity index (χ0v) is 12.2. The molecule has 1 saturated heterocycles. The molecule has 0 aromatic carbocycles. The molecule has 2 fully saturated rings. The minimum atomic E-state index is 0.444. The summed E-state index contributed by atoms with van der Waals surface area (Å²) in [6, 6.07) is 4.52. The molecule has 0 radical (unpaired) electrons. The van der Waals surface area contributed by atoms with E-state index in [1.165, 1.54) is 6.42 Å². The fraction of sp³-hybridized carbons (Fsp3) is 0.667. The van der Waals surface area contributed by atoms with Crippen molar-refractivity contribution in [1.82, 2.24) is 14.9 Å². The largest absolute Gasteiger partial charge is 0.339 e. The molecule has 5 heteroatoms. The third-order valence-electron chi connectivity index (χ3n) is 4.31. The lowest BCUT2D eigenvalue weighted by Gasteiger charge is -2.21. The number of nitriles is 1. The fourth-order valence-corrected chi connectivity index (χ4v) is 3.12. The molecule has 2 aliphatic rings. The van der Waals surface area contributed by atoms with Gasteiger partial charge in [-0.15, -0.1) is 0 Å². The van der Waals surface area contributed by atoms with E-state index in [0.717, 1.165) is 38.1 Å². The van der Waals surface area contributed by atoms with E-state index in [9.17, 15) is 0 Å². The van der Waals surface area contributed by atoms with Crippen molar-refractivity contribution in [3.8, 4) is 6.07 Å². The van der Waals surface area contributed by atoms with Crippen LogP contribution in [0, 0.1) is 23.2 Å². The average molecular weight is 271 g/mol. The SMILES string of the molecule is C[C@@H]1CN(c2nccc(C#N)n2)CCN([C@@H]2C[C@H]2C)C1. The lowest BCUT2D eigenvalue weighted by atomic mass is 10.1. The highest BCUT2D eigenvalue weighted by Gasteiger charge is 2.39. The summed E-state index contributed by atoms with van der Waals surface area (Å²) in [6.07, 6.45) is 3.02. The van der Waals surface area contributed by atoms with E-state index < -0.39 is 0 Å². The van der Waals surface area contributed by atoms with Crippen LogP contribution >= 0.6 is 0 Å². The van der Waals surface area contributed by atoms with Gasteiger partial charge in [0, 0.05) is 38.4 Å². The maximum atomic E-state index is 8.95. The van der Waals surface area contributed by atoms with Crippen molar-refractivity contribution in [1.29, 1.82) is 5.26 Å². The first-order chi connectivity index (χ1) is 9.67. The molecule has 106 valence electrons. The number of anilines is 1. The van der Waals surface area contributed by atoms with Gasteiger partial charge in [0.15, 0.2) is 0 Å². The molecule has 0 unspecified atom stereocenters. The highest BCUT2D eigenvalue weighted by molar-refractivity contribution is 5.34. The molecular formula is C15H21N5. The number of nitrogens with zero attached hydrogens (tertiary/aromatic N) is 5. The van der Waals surface area contributed by atoms with Gasteiger partial charge in [0.05, 0.1) is 0 Å². The Labute approximate surface area is 120 Å². The molecule has 2 heterocycles. The Balaban J connectivity index is 1.72. The van der Waals surface area contributed by atoms with Gasteiger partial charge in [0.2, 0.25) is 5.95 Å². The lowest BCUT2D eigenvalue weighted by Crippen LogP contribution is -2.33. The minimum absolute atomic E-state index is 0.444. The molecule has 3 rings (SSSR count). The van der Waals surface area contributed by atoms with E-state index in [4.69, 9.17) is 5.26 Å². The summed E-state index contributed by atoms with van der Waals surface area (Å²) in [6.45, 7) is 8.75. The van der Waals surface area contributed by atoms with Crippen molar-refractivity contribution >= 4 is 5.95 Å². The highest BCUT2D eigenvalue weighted by atomic mass is 15.3. The van der Waals surface area contributed by atoms with E-state index in [1.54, 1.807) is 12.3 Å². The molecule has 1 aliphatic carbocycles. The Hall–Kier alpha value is -1.67. The van der Waals surface area contributed by atoms with Crippen LogP contribution in [0.15, 0.2) is 12.3 Å². The predicted molar refractivity (Wildman–Crippen MR) is 77.3 cm³/mol. The molecular weight excluding hydrogens is 250 g/mol. The first kappa shape index (κ1) is 13.3. The van der Waals surface area contributed by atoms with Crippen LogP contribution in [0.3, 0.4) is 0 Å². The molecule has 20 heavy (non-hydrogen) atoms. The number of rotatable bonds is 2. The van der Waals surface area contributed by atoms with Crippen LogP contribution in [-0.4, -0.2) is 47.1 Å². The van der Waals surface area contributed by atoms with Crippen LogP contribution in [0.25, 0.3) is 0 Å². The van der Waals surface area contributed by atoms with E-state index in [2.05, 4.69) is 39.7 Å². The Morgan fingerprint density at radius 3 is 2.80 bits per heavy atom. The second-order valence-electron chi connectivity index (χ2n) is 6.18. The Morgan fingerprint density at radius 1 is 1.30 bits per heavy atom. The van der Waals surface area contributed by atoms with Crippen molar-refractivity contribution in [2.24, 2.45) is 11.8 Å². The molecule has 0 bridgehead atoms. The molecule has 1 aromatic rings. The molecule has 3 atom stereocenters. The molecule has 0 spiro atoms. The number of hydrogen-bond donors (Lipinski definition) is 0. The van der Waals surface area contributed by atoms with Crippen molar-refractivity contribution in [2.75, 3.05) is 31.1 Å². The maximum absolute atomic E-state index is 8.95. The minimum Gasteiger partial charge on any atom is -0.339 e. The first-order valence-electron chi connectivity index (χ1n) is 7.39. The zero-order chi connectivity index (χ0) is 14.1. The highest BCUT2D eigenvalue weighted by Crippen LogP contribution is 2.36. The van der Waals surface area contributed by atoms with E-state index in [0.29, 0.717) is 17.6 Å². The normalized spacial score (nSPS) is 30.6. The molecule has 1 saturated carbocycles. The van der Waals surface area contributed by atoms with Crippen LogP contribution in [0.5, 0.6) is 0 Å². The summed E-state index contributed by atoms with van der Waals surface area (Å²) in [7, 11) is 0. The summed E-state index contributed by atoms with van der Waals surface area (Å²) in [5, 5.41) is 8.95. The maximum Gasteiger partial charge on any atom is 0.226 e. The van der Waals surface area contributed by atoms with E-state index in [-0.39, 0.29) is 0 Å². The Morgan fingerprint density at radius 2 is 2.10 bits per heavy atom. The summed E-state index contributed by atoms with van der Waals surface area (Å²) in [4.78, 5) is 13.5. The van der Waals surface area contributed by atoms with Crippen molar-refractivity contribution in [2.45, 2.75) is 26.3 Å². The van der Waals surface area contributed by atoms with Gasteiger partial charge in [-0.3, -0.25) is 4.90 Å². The van der Waals surface area contributed by atoms with E-state index in [1.807, 2.05) is 0 Å². The second-order valence-corrected chi connectivity index (χ2v) is 6.18. The molecule has 0 amide bonds. The van der Waals surface area contributed by atoms with Gasteiger partial charge in [0.1, 0.15) is 11.8 Å². The monoisotopic (exact) mass is 271 g/mol. The van der Waals surface area contributed by atoms with Crippen LogP contribution < -0.4 is 4.90 Å². The Bertz CT molecular complexity index is 523. The summed E-state index contributed by atoms with van der Waals surface area (Å²) < 4.78 is 0. The van der Waals surface area contributed by atoms with Gasteiger partial charge in [-0.1, -0.05) is 13.8 Å². The van der Waals surface area contributed by atoms with Crippen molar-refractivity contribution < 1.29 is 0 Å². The third kappa shape index (κ3) is 2.75. The summed E-state index contributed by atoms with van der Waals surface area (Å²) in [5.74, 6) is 2.15. The fourth-order valence-electron chi connectivity index (χ4n) is 3.12. The number of hydrogen-bond acceptors (Lipinski definition) is 5. The van der Waals surface area contributed by atoms with Crippen LogP contribution in [-0.2, 0) is 0 Å². The van der Waals surface area contributed by atoms with Gasteiger partial charge in [0.25, 0.3) is 0 Å². The third-order valence-corrected chi connectivity index (χ3v) is 4.31. The quantitative estimate of drug-likeness (QED) is 0.816. The standard InChI is InChI=1S/C15H21N5/c1-11-9-19(14-7-12(14)2)5-6-20(10-11)15-17-4-3-13(8-16)18-15/h3-4,11-12,14H,5-7,9-10H2,1-2H3/t11-,12+,14+/m0/s1. The second kappa shape index (κ2) is 5.37. The topological polar surface area (TPSA) is 56.1 Å². The zero-order valence-electron chi connectivity index (χ0n) is 12.2. The lowest BCUT2D eigenvalue weighted by molar-refractivity contribution is 0.246. The number of aromatic nitrogens is 2. The molecule has 0 N–H and O–H groups in total. The smallest absolute Gasteiger partial charge is 0.226 e. The van der Waals surface area contributed by atoms with Gasteiger partial charge in [-0.2, -0.15) is 5.26 Å². The van der Waals surface area contributed by atoms with E-state index >= 15 is 0 Å². The van der Waals surface area contributed by atoms with Gasteiger partial charge >= 0.3 is 0 Å². The van der Waals surface area contributed by atoms with Crippen LogP contribution in [0.2, 0.25) is 0 Å². The predicted octanol–water partition coefficient (Wildman–Crippen LogP) is 1.51. The molecule has 1 aliphatic heterocycles. The van der Waals surface area contributed by atoms with Crippen molar-refractivity contribution in [3.63, 3.8) is 0 Å². The van der Waals surface area contributed by atoms with Crippen molar-refractivity contribution in [3.05, 3.63) is 18.0 Å². The van der Waals surface area contributed by atoms with Gasteiger partial charge in [-0.05, 0) is 24.3 Å². The molecule has 1 aromatic heterocycles. The summed E-state index contributed by atoms with van der Waals surface area (Å²) in [5.41, 5.74) is 0.444. The first-order valence-corrected chi connectivity index (χ1v) is 7.39. The van der Waals surface area contributed by atoms with Crippen LogP contribution in [0.4, 0.5) is 5.95 Å². The van der Waals surface area contributed by atoms with Gasteiger partial charge in [-0.25, -0.2) is 9.97 Å². The van der Waals surface area contributed by atoms with Gasteiger partial charge < -0.3 is 4.90 Å². The summed E-state index contributed by atoms with van der Waals surface area (Å²) >= 11 is 0. The average Bonchev–Trinajstić information content (AvgIpc) is 3.21. The molecule has 5 nitrogen and oxygen atoms in total.